The van der Waals surface area contributed by atoms with E-state index in [0.717, 1.165) is 11.9 Å². The van der Waals surface area contributed by atoms with Crippen molar-refractivity contribution in [3.63, 3.8) is 0 Å². The normalized spacial score (nSPS) is 13.4. The zero-order valence-corrected chi connectivity index (χ0v) is 11.0. The zero-order chi connectivity index (χ0) is 13.3. The van der Waals surface area contributed by atoms with Crippen LogP contribution in [-0.2, 0) is 9.59 Å². The molecule has 0 fully saturated rings. The average Bonchev–Trinajstić information content (AvgIpc) is 2.23. The quantitative estimate of drug-likeness (QED) is 0.366. The van der Waals surface area contributed by atoms with Gasteiger partial charge in [0.05, 0.1) is 0 Å². The van der Waals surface area contributed by atoms with Crippen LogP contribution in [0.5, 0.6) is 0 Å². The van der Waals surface area contributed by atoms with Crippen molar-refractivity contribution in [3.05, 3.63) is 36.5 Å². The van der Waals surface area contributed by atoms with E-state index in [1.807, 2.05) is 12.2 Å². The summed E-state index contributed by atoms with van der Waals surface area (Å²) < 4.78 is 0. The number of carbonyl (C=O) groups excluding carboxylic acids is 2. The first-order valence-electron chi connectivity index (χ1n) is 5.94. The number of hydrogen-bond acceptors (Lipinski definition) is 2. The maximum absolute atomic E-state index is 10.7. The van der Waals surface area contributed by atoms with Gasteiger partial charge in [-0.15, -0.1) is 0 Å². The number of ketones is 1. The summed E-state index contributed by atoms with van der Waals surface area (Å²) in [6.07, 6.45) is 9.49. The fourth-order valence-electron chi connectivity index (χ4n) is 1.39. The molecule has 0 aliphatic rings. The Morgan fingerprint density at radius 3 is 2.41 bits per heavy atom. The second kappa shape index (κ2) is 8.68. The Kier molecular flexibility index (Phi) is 7.95. The topological polar surface area (TPSA) is 34.1 Å². The summed E-state index contributed by atoms with van der Waals surface area (Å²) in [7, 11) is 0. The molecule has 0 unspecified atom stereocenters. The van der Waals surface area contributed by atoms with Crippen LogP contribution in [0.25, 0.3) is 0 Å². The monoisotopic (exact) mass is 234 g/mol. The minimum atomic E-state index is 0.0443. The van der Waals surface area contributed by atoms with E-state index in [2.05, 4.69) is 20.4 Å². The van der Waals surface area contributed by atoms with E-state index in [9.17, 15) is 9.59 Å². The van der Waals surface area contributed by atoms with Crippen LogP contribution in [0, 0.1) is 11.8 Å². The summed E-state index contributed by atoms with van der Waals surface area (Å²) in [5.41, 5.74) is 0.944. The van der Waals surface area contributed by atoms with Crippen molar-refractivity contribution in [2.45, 2.75) is 33.6 Å². The first-order chi connectivity index (χ1) is 7.97. The van der Waals surface area contributed by atoms with Crippen LogP contribution in [0.4, 0.5) is 0 Å². The Balaban J connectivity index is 4.24. The van der Waals surface area contributed by atoms with E-state index in [-0.39, 0.29) is 11.7 Å². The highest BCUT2D eigenvalue weighted by Crippen LogP contribution is 2.16. The van der Waals surface area contributed by atoms with Gasteiger partial charge in [0.2, 0.25) is 0 Å². The number of rotatable bonds is 8. The molecule has 0 rings (SSSR count). The third-order valence-corrected chi connectivity index (χ3v) is 2.54. The lowest BCUT2D eigenvalue weighted by molar-refractivity contribution is -0.112. The molecule has 2 nitrogen and oxygen atoms in total. The summed E-state index contributed by atoms with van der Waals surface area (Å²) in [6.45, 7) is 9.62. The molecule has 0 radical (unpaired) electrons. The number of aldehydes is 1. The van der Waals surface area contributed by atoms with Gasteiger partial charge < -0.3 is 4.79 Å². The molecule has 0 heterocycles. The molecule has 0 aliphatic carbocycles. The molecule has 0 aromatic heterocycles. The molecule has 17 heavy (non-hydrogen) atoms. The number of hydrogen-bond donors (Lipinski definition) is 0. The predicted molar refractivity (Wildman–Crippen MR) is 71.7 cm³/mol. The molecule has 2 heteroatoms. The molecule has 0 aromatic rings. The van der Waals surface area contributed by atoms with Gasteiger partial charge in [0.25, 0.3) is 0 Å². The van der Waals surface area contributed by atoms with Crippen LogP contribution in [0.15, 0.2) is 36.5 Å². The third-order valence-electron chi connectivity index (χ3n) is 2.54. The average molecular weight is 234 g/mol. The van der Waals surface area contributed by atoms with E-state index in [0.29, 0.717) is 18.8 Å². The van der Waals surface area contributed by atoms with Gasteiger partial charge in [-0.25, -0.2) is 0 Å². The Hall–Kier alpha value is -1.44. The minimum absolute atomic E-state index is 0.0443. The van der Waals surface area contributed by atoms with E-state index in [1.165, 1.54) is 6.92 Å². The van der Waals surface area contributed by atoms with Crippen LogP contribution in [0.3, 0.4) is 0 Å². The van der Waals surface area contributed by atoms with Crippen LogP contribution in [-0.4, -0.2) is 12.1 Å². The highest BCUT2D eigenvalue weighted by molar-refractivity contribution is 5.87. The third kappa shape index (κ3) is 8.38. The SMILES string of the molecule is C=C(/C=C/[C@@H](CC=O)C(C)C)C/C=C\C(C)=O. The number of carbonyl (C=O) groups is 2. The lowest BCUT2D eigenvalue weighted by Gasteiger charge is -2.13. The van der Waals surface area contributed by atoms with Gasteiger partial charge in [0, 0.05) is 6.42 Å². The van der Waals surface area contributed by atoms with Crippen molar-refractivity contribution in [1.82, 2.24) is 0 Å². The number of allylic oxidation sites excluding steroid dienone is 5. The molecule has 0 N–H and O–H groups in total. The Bertz CT molecular complexity index is 322. The summed E-state index contributed by atoms with van der Waals surface area (Å²) >= 11 is 0. The maximum atomic E-state index is 10.7. The summed E-state index contributed by atoms with van der Waals surface area (Å²) in [6, 6.07) is 0. The van der Waals surface area contributed by atoms with E-state index >= 15 is 0 Å². The van der Waals surface area contributed by atoms with Gasteiger partial charge in [-0.1, -0.05) is 44.2 Å². The van der Waals surface area contributed by atoms with Crippen molar-refractivity contribution in [2.24, 2.45) is 11.8 Å². The van der Waals surface area contributed by atoms with Crippen molar-refractivity contribution in [1.29, 1.82) is 0 Å². The van der Waals surface area contributed by atoms with Gasteiger partial charge in [-0.05, 0) is 31.3 Å². The molecule has 0 aromatic carbocycles. The lowest BCUT2D eigenvalue weighted by atomic mass is 9.92. The predicted octanol–water partition coefficient (Wildman–Crippen LogP) is 3.50. The van der Waals surface area contributed by atoms with Crippen LogP contribution >= 0.6 is 0 Å². The van der Waals surface area contributed by atoms with Crippen LogP contribution in [0.1, 0.15) is 33.6 Å². The van der Waals surface area contributed by atoms with Gasteiger partial charge >= 0.3 is 0 Å². The summed E-state index contributed by atoms with van der Waals surface area (Å²) in [5, 5.41) is 0. The molecule has 0 bridgehead atoms. The van der Waals surface area contributed by atoms with Crippen molar-refractivity contribution < 1.29 is 9.59 Å². The first-order valence-corrected chi connectivity index (χ1v) is 5.94. The Labute approximate surface area is 104 Å². The zero-order valence-electron chi connectivity index (χ0n) is 11.0. The standard InChI is InChI=1S/C15H22O2/c1-12(2)15(10-11-16)9-8-13(3)6-5-7-14(4)17/h5,7-9,11-12,15H,3,6,10H2,1-2,4H3/b7-5-,9-8+/t15-/m0/s1. The van der Waals surface area contributed by atoms with E-state index in [4.69, 9.17) is 0 Å². The van der Waals surface area contributed by atoms with Crippen LogP contribution < -0.4 is 0 Å². The first kappa shape index (κ1) is 15.6. The highest BCUT2D eigenvalue weighted by Gasteiger charge is 2.08. The largest absolute Gasteiger partial charge is 0.303 e. The van der Waals surface area contributed by atoms with Crippen molar-refractivity contribution >= 4 is 12.1 Å². The maximum Gasteiger partial charge on any atom is 0.152 e. The second-order valence-electron chi connectivity index (χ2n) is 4.54. The van der Waals surface area contributed by atoms with Gasteiger partial charge in [0.1, 0.15) is 6.29 Å². The smallest absolute Gasteiger partial charge is 0.152 e. The van der Waals surface area contributed by atoms with Crippen LogP contribution in [0.2, 0.25) is 0 Å². The Morgan fingerprint density at radius 1 is 1.29 bits per heavy atom. The molecule has 0 saturated heterocycles. The second-order valence-corrected chi connectivity index (χ2v) is 4.54. The molecule has 94 valence electrons. The molecule has 0 amide bonds. The molecular formula is C15H22O2. The van der Waals surface area contributed by atoms with Gasteiger partial charge in [-0.2, -0.15) is 0 Å². The fourth-order valence-corrected chi connectivity index (χ4v) is 1.39. The molecule has 0 aliphatic heterocycles. The molecule has 0 saturated carbocycles. The molecular weight excluding hydrogens is 212 g/mol. The molecule has 0 spiro atoms. The van der Waals surface area contributed by atoms with Gasteiger partial charge in [-0.3, -0.25) is 4.79 Å². The van der Waals surface area contributed by atoms with Crippen molar-refractivity contribution in [3.8, 4) is 0 Å². The minimum Gasteiger partial charge on any atom is -0.303 e. The van der Waals surface area contributed by atoms with Gasteiger partial charge in [0.15, 0.2) is 5.78 Å². The summed E-state index contributed by atoms with van der Waals surface area (Å²) in [5.74, 6) is 0.751. The highest BCUT2D eigenvalue weighted by atomic mass is 16.1. The van der Waals surface area contributed by atoms with E-state index < -0.39 is 0 Å². The lowest BCUT2D eigenvalue weighted by Crippen LogP contribution is -2.05. The summed E-state index contributed by atoms with van der Waals surface area (Å²) in [4.78, 5) is 21.2. The molecule has 1 atom stereocenters. The fraction of sp³-hybridized carbons (Fsp3) is 0.467. The van der Waals surface area contributed by atoms with Crippen molar-refractivity contribution in [2.75, 3.05) is 0 Å². The Morgan fingerprint density at radius 2 is 1.94 bits per heavy atom. The van der Waals surface area contributed by atoms with E-state index in [1.54, 1.807) is 12.2 Å².